The van der Waals surface area contributed by atoms with Crippen LogP contribution in [0.2, 0.25) is 5.02 Å². The third kappa shape index (κ3) is 6.31. The third-order valence-electron chi connectivity index (χ3n) is 3.65. The Kier molecular flexibility index (Phi) is 7.95. The molecular formula is C19H21ClN2O5S. The van der Waals surface area contributed by atoms with Gasteiger partial charge in [-0.2, -0.15) is 0 Å². The second-order valence-electron chi connectivity index (χ2n) is 6.40. The molecule has 7 nitrogen and oxygen atoms in total. The van der Waals surface area contributed by atoms with Gasteiger partial charge in [0.2, 0.25) is 0 Å². The number of halogens is 1. The largest absolute Gasteiger partial charge is 0.467 e. The number of esters is 2. The minimum Gasteiger partial charge on any atom is -0.467 e. The number of nitrogens with zero attached hydrogens (tertiary/aromatic N) is 1. The van der Waals surface area contributed by atoms with E-state index in [1.165, 1.54) is 18.4 Å². The van der Waals surface area contributed by atoms with Crippen molar-refractivity contribution in [2.45, 2.75) is 26.3 Å². The molecule has 0 saturated carbocycles. The van der Waals surface area contributed by atoms with Gasteiger partial charge < -0.3 is 14.8 Å². The van der Waals surface area contributed by atoms with Crippen LogP contribution in [0, 0.1) is 5.92 Å². The molecule has 0 saturated heterocycles. The van der Waals surface area contributed by atoms with Crippen LogP contribution >= 0.6 is 22.9 Å². The predicted octanol–water partition coefficient (Wildman–Crippen LogP) is 3.32. The molecule has 28 heavy (non-hydrogen) atoms. The fourth-order valence-corrected chi connectivity index (χ4v) is 3.37. The van der Waals surface area contributed by atoms with Gasteiger partial charge in [-0.1, -0.05) is 37.6 Å². The summed E-state index contributed by atoms with van der Waals surface area (Å²) >= 11 is 7.23. The van der Waals surface area contributed by atoms with E-state index in [1.807, 2.05) is 19.9 Å². The molecule has 0 bridgehead atoms. The third-order valence-corrected chi connectivity index (χ3v) is 4.77. The van der Waals surface area contributed by atoms with Crippen LogP contribution in [-0.2, 0) is 19.1 Å². The van der Waals surface area contributed by atoms with Crippen LogP contribution in [0.15, 0.2) is 29.6 Å². The van der Waals surface area contributed by atoms with Crippen LogP contribution in [0.5, 0.6) is 0 Å². The van der Waals surface area contributed by atoms with E-state index in [2.05, 4.69) is 15.0 Å². The molecule has 1 amide bonds. The fraction of sp³-hybridized carbons (Fsp3) is 0.368. The standard InChI is InChI=1S/C19H21ClN2O5S/c1-11(2)7-14(18(24)26-3)21-16(23)9-27-19(25)15-10-28-17(22-15)12-5-4-6-13(20)8-12/h4-6,8,10-11,14H,7,9H2,1-3H3,(H,21,23). The molecule has 1 N–H and O–H groups in total. The van der Waals surface area contributed by atoms with Gasteiger partial charge in [0.05, 0.1) is 7.11 Å². The van der Waals surface area contributed by atoms with E-state index in [4.69, 9.17) is 16.3 Å². The molecule has 150 valence electrons. The first-order chi connectivity index (χ1) is 13.3. The van der Waals surface area contributed by atoms with Crippen molar-refractivity contribution < 1.29 is 23.9 Å². The molecule has 0 radical (unpaired) electrons. The van der Waals surface area contributed by atoms with Crippen molar-refractivity contribution in [3.63, 3.8) is 0 Å². The molecular weight excluding hydrogens is 404 g/mol. The molecule has 2 rings (SSSR count). The summed E-state index contributed by atoms with van der Waals surface area (Å²) in [5.41, 5.74) is 0.878. The lowest BCUT2D eigenvalue weighted by Crippen LogP contribution is -2.44. The minimum absolute atomic E-state index is 0.0967. The Hall–Kier alpha value is -2.45. The van der Waals surface area contributed by atoms with Crippen molar-refractivity contribution in [3.8, 4) is 10.6 Å². The summed E-state index contributed by atoms with van der Waals surface area (Å²) in [4.78, 5) is 40.1. The average molecular weight is 425 g/mol. The highest BCUT2D eigenvalue weighted by Gasteiger charge is 2.23. The monoisotopic (exact) mass is 424 g/mol. The molecule has 0 aliphatic rings. The molecule has 0 spiro atoms. The number of benzene rings is 1. The van der Waals surface area contributed by atoms with E-state index in [0.717, 1.165) is 5.56 Å². The van der Waals surface area contributed by atoms with Crippen molar-refractivity contribution >= 4 is 40.8 Å². The summed E-state index contributed by atoms with van der Waals surface area (Å²) in [7, 11) is 1.25. The summed E-state index contributed by atoms with van der Waals surface area (Å²) in [5, 5.41) is 5.25. The Morgan fingerprint density at radius 2 is 2.04 bits per heavy atom. The van der Waals surface area contributed by atoms with Crippen LogP contribution in [0.3, 0.4) is 0 Å². The highest BCUT2D eigenvalue weighted by atomic mass is 35.5. The predicted molar refractivity (Wildman–Crippen MR) is 106 cm³/mol. The molecule has 1 aromatic carbocycles. The highest BCUT2D eigenvalue weighted by Crippen LogP contribution is 2.26. The van der Waals surface area contributed by atoms with Gasteiger partial charge in [0, 0.05) is 16.0 Å². The number of methoxy groups -OCH3 is 1. The van der Waals surface area contributed by atoms with E-state index in [-0.39, 0.29) is 11.6 Å². The first-order valence-electron chi connectivity index (χ1n) is 8.56. The van der Waals surface area contributed by atoms with E-state index in [9.17, 15) is 14.4 Å². The maximum Gasteiger partial charge on any atom is 0.358 e. The maximum absolute atomic E-state index is 12.1. The van der Waals surface area contributed by atoms with Gasteiger partial charge in [-0.15, -0.1) is 11.3 Å². The number of carbonyl (C=O) groups is 3. The zero-order chi connectivity index (χ0) is 20.7. The van der Waals surface area contributed by atoms with Crippen LogP contribution in [0.1, 0.15) is 30.8 Å². The van der Waals surface area contributed by atoms with Gasteiger partial charge in [0.15, 0.2) is 12.3 Å². The van der Waals surface area contributed by atoms with Crippen LogP contribution < -0.4 is 5.32 Å². The lowest BCUT2D eigenvalue weighted by atomic mass is 10.0. The number of hydrogen-bond acceptors (Lipinski definition) is 7. The lowest BCUT2D eigenvalue weighted by molar-refractivity contribution is -0.145. The Balaban J connectivity index is 1.92. The number of thiazole rings is 1. The molecule has 0 aliphatic heterocycles. The van der Waals surface area contributed by atoms with Gasteiger partial charge in [0.25, 0.3) is 5.91 Å². The summed E-state index contributed by atoms with van der Waals surface area (Å²) in [6, 6.07) is 6.31. The van der Waals surface area contributed by atoms with E-state index < -0.39 is 30.5 Å². The number of amides is 1. The van der Waals surface area contributed by atoms with Gasteiger partial charge in [-0.05, 0) is 24.5 Å². The molecule has 1 aromatic heterocycles. The van der Waals surface area contributed by atoms with E-state index in [0.29, 0.717) is 16.5 Å². The van der Waals surface area contributed by atoms with Gasteiger partial charge in [0.1, 0.15) is 11.0 Å². The number of nitrogens with one attached hydrogen (secondary N) is 1. The zero-order valence-corrected chi connectivity index (χ0v) is 17.3. The Morgan fingerprint density at radius 1 is 1.29 bits per heavy atom. The smallest absolute Gasteiger partial charge is 0.358 e. The molecule has 9 heteroatoms. The average Bonchev–Trinajstić information content (AvgIpc) is 3.15. The first kappa shape index (κ1) is 21.8. The van der Waals surface area contributed by atoms with Gasteiger partial charge in [-0.3, -0.25) is 4.79 Å². The number of hydrogen-bond donors (Lipinski definition) is 1. The van der Waals surface area contributed by atoms with Crippen LogP contribution in [-0.4, -0.2) is 42.6 Å². The van der Waals surface area contributed by atoms with Crippen molar-refractivity contribution in [1.82, 2.24) is 10.3 Å². The lowest BCUT2D eigenvalue weighted by Gasteiger charge is -2.18. The quantitative estimate of drug-likeness (QED) is 0.653. The van der Waals surface area contributed by atoms with E-state index in [1.54, 1.807) is 23.6 Å². The van der Waals surface area contributed by atoms with Crippen LogP contribution in [0.25, 0.3) is 10.6 Å². The highest BCUT2D eigenvalue weighted by molar-refractivity contribution is 7.13. The fourth-order valence-electron chi connectivity index (χ4n) is 2.39. The van der Waals surface area contributed by atoms with Crippen molar-refractivity contribution in [3.05, 3.63) is 40.4 Å². The number of carbonyl (C=O) groups excluding carboxylic acids is 3. The zero-order valence-electron chi connectivity index (χ0n) is 15.7. The van der Waals surface area contributed by atoms with Gasteiger partial charge >= 0.3 is 11.9 Å². The van der Waals surface area contributed by atoms with Crippen molar-refractivity contribution in [1.29, 1.82) is 0 Å². The normalized spacial score (nSPS) is 11.8. The maximum atomic E-state index is 12.1. The first-order valence-corrected chi connectivity index (χ1v) is 9.81. The van der Waals surface area contributed by atoms with Crippen molar-refractivity contribution in [2.75, 3.05) is 13.7 Å². The molecule has 1 atom stereocenters. The number of aromatic nitrogens is 1. The second kappa shape index (κ2) is 10.2. The Morgan fingerprint density at radius 3 is 2.68 bits per heavy atom. The van der Waals surface area contributed by atoms with Crippen molar-refractivity contribution in [2.24, 2.45) is 5.92 Å². The molecule has 1 heterocycles. The van der Waals surface area contributed by atoms with Crippen LogP contribution in [0.4, 0.5) is 0 Å². The topological polar surface area (TPSA) is 94.6 Å². The summed E-state index contributed by atoms with van der Waals surface area (Å²) in [6.45, 7) is 3.32. The molecule has 2 aromatic rings. The summed E-state index contributed by atoms with van der Waals surface area (Å²) in [5.74, 6) is -1.68. The minimum atomic E-state index is -0.787. The summed E-state index contributed by atoms with van der Waals surface area (Å²) < 4.78 is 9.68. The van der Waals surface area contributed by atoms with E-state index >= 15 is 0 Å². The Labute approximate surface area is 172 Å². The SMILES string of the molecule is COC(=O)C(CC(C)C)NC(=O)COC(=O)c1csc(-c2cccc(Cl)c2)n1. The second-order valence-corrected chi connectivity index (χ2v) is 7.69. The molecule has 0 fully saturated rings. The van der Waals surface area contributed by atoms with Gasteiger partial charge in [-0.25, -0.2) is 14.6 Å². The number of rotatable bonds is 8. The molecule has 1 unspecified atom stereocenters. The Bertz CT molecular complexity index is 852. The number of ether oxygens (including phenoxy) is 2. The molecule has 0 aliphatic carbocycles. The summed E-state index contributed by atoms with van der Waals surface area (Å²) in [6.07, 6.45) is 0.418.